The van der Waals surface area contributed by atoms with E-state index in [1.165, 1.54) is 13.0 Å². The molecule has 1 saturated heterocycles. The summed E-state index contributed by atoms with van der Waals surface area (Å²) < 4.78 is 5.69. The van der Waals surface area contributed by atoms with Gasteiger partial charge in [0.1, 0.15) is 5.75 Å². The van der Waals surface area contributed by atoms with Gasteiger partial charge >= 0.3 is 0 Å². The van der Waals surface area contributed by atoms with Crippen molar-refractivity contribution in [1.29, 1.82) is 0 Å². The topological polar surface area (TPSA) is 41.7 Å². The summed E-state index contributed by atoms with van der Waals surface area (Å²) in [5.41, 5.74) is 7.54. The molecule has 0 aromatic heterocycles. The van der Waals surface area contributed by atoms with E-state index in [2.05, 4.69) is 22.8 Å². The van der Waals surface area contributed by atoms with Gasteiger partial charge in [-0.3, -0.25) is 4.90 Å². The number of nitrogens with two attached hydrogens (primary N) is 1. The Hall–Kier alpha value is -1.10. The number of ether oxygens (including phenoxy) is 1. The van der Waals surface area contributed by atoms with Crippen LogP contribution in [0.3, 0.4) is 0 Å². The molecule has 0 saturated carbocycles. The van der Waals surface area contributed by atoms with Gasteiger partial charge in [0.2, 0.25) is 0 Å². The van der Waals surface area contributed by atoms with Gasteiger partial charge in [0, 0.05) is 44.3 Å². The van der Waals surface area contributed by atoms with Crippen LogP contribution in [0.4, 0.5) is 0 Å². The normalized spacial score (nSPS) is 18.6. The average molecular weight is 291 g/mol. The van der Waals surface area contributed by atoms with Crippen LogP contribution < -0.4 is 10.5 Å². The second-order valence-electron chi connectivity index (χ2n) is 5.72. The third-order valence-electron chi connectivity index (χ3n) is 4.08. The van der Waals surface area contributed by atoms with Gasteiger partial charge in [0.05, 0.1) is 6.61 Å². The maximum atomic E-state index is 6.41. The Morgan fingerprint density at radius 2 is 1.76 bits per heavy atom. The fourth-order valence-electron chi connectivity index (χ4n) is 2.96. The molecule has 118 valence electrons. The molecule has 1 aliphatic heterocycles. The van der Waals surface area contributed by atoms with E-state index < -0.39 is 0 Å². The molecule has 0 bridgehead atoms. The Labute approximate surface area is 128 Å². The minimum Gasteiger partial charge on any atom is -0.494 e. The molecule has 0 radical (unpaired) electrons. The summed E-state index contributed by atoms with van der Waals surface area (Å²) >= 11 is 0. The first-order valence-electron chi connectivity index (χ1n) is 8.16. The Morgan fingerprint density at radius 1 is 1.10 bits per heavy atom. The van der Waals surface area contributed by atoms with E-state index in [-0.39, 0.29) is 6.04 Å². The zero-order valence-corrected chi connectivity index (χ0v) is 13.4. The minimum absolute atomic E-state index is 0.0190. The van der Waals surface area contributed by atoms with Crippen LogP contribution in [0.2, 0.25) is 0 Å². The van der Waals surface area contributed by atoms with Crippen LogP contribution in [0.5, 0.6) is 5.75 Å². The number of hydrogen-bond donors (Lipinski definition) is 1. The van der Waals surface area contributed by atoms with Crippen molar-refractivity contribution in [3.8, 4) is 5.75 Å². The molecule has 1 fully saturated rings. The van der Waals surface area contributed by atoms with E-state index in [4.69, 9.17) is 10.5 Å². The summed E-state index contributed by atoms with van der Waals surface area (Å²) in [5.74, 6) is 0.928. The maximum Gasteiger partial charge on any atom is 0.124 e. The maximum absolute atomic E-state index is 6.41. The van der Waals surface area contributed by atoms with Gasteiger partial charge in [0.15, 0.2) is 0 Å². The van der Waals surface area contributed by atoms with E-state index in [1.54, 1.807) is 0 Å². The predicted octanol–water partition coefficient (Wildman–Crippen LogP) is 2.11. The summed E-state index contributed by atoms with van der Waals surface area (Å²) in [6, 6.07) is 8.16. The number of nitrogens with zero attached hydrogens (tertiary/aromatic N) is 2. The Balaban J connectivity index is 1.89. The van der Waals surface area contributed by atoms with Crippen LogP contribution in [0, 0.1) is 0 Å². The van der Waals surface area contributed by atoms with E-state index >= 15 is 0 Å². The van der Waals surface area contributed by atoms with Crippen molar-refractivity contribution in [2.24, 2.45) is 5.73 Å². The Bertz CT molecular complexity index is 416. The molecule has 1 heterocycles. The lowest BCUT2D eigenvalue weighted by molar-refractivity contribution is 0.127. The summed E-state index contributed by atoms with van der Waals surface area (Å²) in [7, 11) is 0. The molecule has 1 aliphatic rings. The first-order chi connectivity index (χ1) is 10.2. The SMILES string of the molecule is CCCN1CCN(CC(N)c2ccccc2OCC)CC1. The van der Waals surface area contributed by atoms with Gasteiger partial charge in [-0.2, -0.15) is 0 Å². The van der Waals surface area contributed by atoms with Crippen molar-refractivity contribution in [1.82, 2.24) is 9.80 Å². The fraction of sp³-hybridized carbons (Fsp3) is 0.647. The second-order valence-corrected chi connectivity index (χ2v) is 5.72. The van der Waals surface area contributed by atoms with Crippen molar-refractivity contribution in [3.63, 3.8) is 0 Å². The highest BCUT2D eigenvalue weighted by Crippen LogP contribution is 2.24. The highest BCUT2D eigenvalue weighted by atomic mass is 16.5. The number of para-hydroxylation sites is 1. The molecule has 2 rings (SSSR count). The zero-order valence-electron chi connectivity index (χ0n) is 13.4. The first-order valence-corrected chi connectivity index (χ1v) is 8.16. The van der Waals surface area contributed by atoms with Gasteiger partial charge in [-0.15, -0.1) is 0 Å². The molecule has 1 unspecified atom stereocenters. The molecule has 0 spiro atoms. The van der Waals surface area contributed by atoms with Gasteiger partial charge in [0.25, 0.3) is 0 Å². The summed E-state index contributed by atoms with van der Waals surface area (Å²) in [6.07, 6.45) is 1.24. The molecule has 21 heavy (non-hydrogen) atoms. The molecule has 2 N–H and O–H groups in total. The Morgan fingerprint density at radius 3 is 2.43 bits per heavy atom. The van der Waals surface area contributed by atoms with Crippen LogP contribution in [-0.4, -0.2) is 55.7 Å². The van der Waals surface area contributed by atoms with E-state index in [0.717, 1.165) is 44.0 Å². The summed E-state index contributed by atoms with van der Waals surface area (Å²) in [6.45, 7) is 11.6. The summed E-state index contributed by atoms with van der Waals surface area (Å²) in [5, 5.41) is 0. The van der Waals surface area contributed by atoms with Crippen LogP contribution in [0.25, 0.3) is 0 Å². The van der Waals surface area contributed by atoms with E-state index in [9.17, 15) is 0 Å². The van der Waals surface area contributed by atoms with Gasteiger partial charge < -0.3 is 15.4 Å². The lowest BCUT2D eigenvalue weighted by atomic mass is 10.1. The fourth-order valence-corrected chi connectivity index (χ4v) is 2.96. The molecular formula is C17H29N3O. The second kappa shape index (κ2) is 8.37. The van der Waals surface area contributed by atoms with Crippen LogP contribution in [-0.2, 0) is 0 Å². The molecule has 0 amide bonds. The third-order valence-corrected chi connectivity index (χ3v) is 4.08. The van der Waals surface area contributed by atoms with Crippen molar-refractivity contribution in [2.75, 3.05) is 45.9 Å². The quantitative estimate of drug-likeness (QED) is 0.835. The number of hydrogen-bond acceptors (Lipinski definition) is 4. The van der Waals surface area contributed by atoms with Crippen LogP contribution >= 0.6 is 0 Å². The molecule has 1 aromatic carbocycles. The van der Waals surface area contributed by atoms with E-state index in [1.807, 2.05) is 25.1 Å². The molecule has 4 nitrogen and oxygen atoms in total. The monoisotopic (exact) mass is 291 g/mol. The zero-order chi connectivity index (χ0) is 15.1. The van der Waals surface area contributed by atoms with Crippen molar-refractivity contribution < 1.29 is 4.74 Å². The molecular weight excluding hydrogens is 262 g/mol. The largest absolute Gasteiger partial charge is 0.494 e. The highest BCUT2D eigenvalue weighted by molar-refractivity contribution is 5.36. The van der Waals surface area contributed by atoms with Crippen molar-refractivity contribution in [3.05, 3.63) is 29.8 Å². The molecule has 4 heteroatoms. The third kappa shape index (κ3) is 4.70. The lowest BCUT2D eigenvalue weighted by Crippen LogP contribution is -2.48. The number of piperazine rings is 1. The van der Waals surface area contributed by atoms with Crippen molar-refractivity contribution >= 4 is 0 Å². The number of rotatable bonds is 7. The smallest absolute Gasteiger partial charge is 0.124 e. The standard InChI is InChI=1S/C17H29N3O/c1-3-9-19-10-12-20(13-11-19)14-16(18)15-7-5-6-8-17(15)21-4-2/h5-8,16H,3-4,9-14,18H2,1-2H3. The Kier molecular flexibility index (Phi) is 6.49. The van der Waals surface area contributed by atoms with E-state index in [0.29, 0.717) is 6.61 Å². The van der Waals surface area contributed by atoms with Crippen LogP contribution in [0.15, 0.2) is 24.3 Å². The van der Waals surface area contributed by atoms with Crippen LogP contribution in [0.1, 0.15) is 31.9 Å². The summed E-state index contributed by atoms with van der Waals surface area (Å²) in [4.78, 5) is 5.01. The van der Waals surface area contributed by atoms with Gasteiger partial charge in [-0.25, -0.2) is 0 Å². The highest BCUT2D eigenvalue weighted by Gasteiger charge is 2.20. The van der Waals surface area contributed by atoms with Crippen molar-refractivity contribution in [2.45, 2.75) is 26.3 Å². The average Bonchev–Trinajstić information content (AvgIpc) is 2.50. The van der Waals surface area contributed by atoms with Gasteiger partial charge in [-0.05, 0) is 26.0 Å². The molecule has 1 atom stereocenters. The number of benzene rings is 1. The lowest BCUT2D eigenvalue weighted by Gasteiger charge is -2.35. The molecule has 1 aromatic rings. The minimum atomic E-state index is 0.0190. The van der Waals surface area contributed by atoms with Gasteiger partial charge in [-0.1, -0.05) is 25.1 Å². The molecule has 0 aliphatic carbocycles. The first kappa shape index (κ1) is 16.3. The predicted molar refractivity (Wildman–Crippen MR) is 87.7 cm³/mol.